The van der Waals surface area contributed by atoms with Crippen molar-refractivity contribution in [2.24, 2.45) is 22.9 Å². The molecule has 26 heavy (non-hydrogen) atoms. The van der Waals surface area contributed by atoms with Gasteiger partial charge in [-0.3, -0.25) is 24.0 Å². The fraction of sp³-hybridized carbons (Fsp3) is 0.615. The van der Waals surface area contributed by atoms with Gasteiger partial charge in [0.15, 0.2) is 0 Å². The van der Waals surface area contributed by atoms with E-state index in [9.17, 15) is 24.0 Å². The molecule has 0 saturated heterocycles. The van der Waals surface area contributed by atoms with Crippen LogP contribution in [-0.2, 0) is 24.0 Å². The highest BCUT2D eigenvalue weighted by molar-refractivity contribution is 5.77. The van der Waals surface area contributed by atoms with Gasteiger partial charge in [0, 0.05) is 12.8 Å². The SMILES string of the molecule is C[C@H](N)C(=O)O.NC(=O)CC[C@H](N)C(=O)O.N[C@@H](CCC(=O)O)C(=O)O. The number of hydrogen-bond donors (Lipinski definition) is 8. The average Bonchev–Trinajstić information content (AvgIpc) is 2.50. The van der Waals surface area contributed by atoms with Gasteiger partial charge in [0.05, 0.1) is 0 Å². The highest BCUT2D eigenvalue weighted by atomic mass is 16.4. The highest BCUT2D eigenvalue weighted by Crippen LogP contribution is 1.93. The van der Waals surface area contributed by atoms with Crippen molar-refractivity contribution in [3.63, 3.8) is 0 Å². The van der Waals surface area contributed by atoms with E-state index in [-0.39, 0.29) is 25.7 Å². The Balaban J connectivity index is -0.000000316. The molecule has 152 valence electrons. The maximum atomic E-state index is 10.1. The Morgan fingerprint density at radius 2 is 1.04 bits per heavy atom. The number of carboxylic acids is 4. The van der Waals surface area contributed by atoms with Gasteiger partial charge in [0.1, 0.15) is 18.1 Å². The molecule has 0 fully saturated rings. The first-order valence-electron chi connectivity index (χ1n) is 7.17. The summed E-state index contributed by atoms with van der Waals surface area (Å²) in [5.41, 5.74) is 19.6. The van der Waals surface area contributed by atoms with E-state index in [0.717, 1.165) is 0 Å². The molecule has 12 N–H and O–H groups in total. The Labute approximate surface area is 148 Å². The minimum Gasteiger partial charge on any atom is -0.481 e. The van der Waals surface area contributed by atoms with Crippen molar-refractivity contribution >= 4 is 29.8 Å². The summed E-state index contributed by atoms with van der Waals surface area (Å²) >= 11 is 0. The van der Waals surface area contributed by atoms with Gasteiger partial charge in [0.2, 0.25) is 5.91 Å². The Bertz CT molecular complexity index is 448. The zero-order valence-corrected chi connectivity index (χ0v) is 14.2. The van der Waals surface area contributed by atoms with E-state index in [0.29, 0.717) is 0 Å². The van der Waals surface area contributed by atoms with Crippen LogP contribution in [0, 0.1) is 0 Å². The quantitative estimate of drug-likeness (QED) is 0.203. The number of nitrogens with two attached hydrogens (primary N) is 4. The number of hydrogen-bond acceptors (Lipinski definition) is 8. The smallest absolute Gasteiger partial charge is 0.320 e. The number of amides is 1. The van der Waals surface area contributed by atoms with E-state index in [1.807, 2.05) is 0 Å². The molecule has 13 heteroatoms. The molecule has 0 unspecified atom stereocenters. The molecule has 0 aromatic rings. The lowest BCUT2D eigenvalue weighted by Gasteiger charge is -2.01. The second-order valence-electron chi connectivity index (χ2n) is 4.95. The predicted octanol–water partition coefficient (Wildman–Crippen LogP) is -2.65. The largest absolute Gasteiger partial charge is 0.481 e. The number of carbonyl (C=O) groups is 5. The van der Waals surface area contributed by atoms with Crippen molar-refractivity contribution in [1.82, 2.24) is 0 Å². The number of aliphatic carboxylic acids is 4. The molecule has 0 bridgehead atoms. The molecule has 0 aromatic heterocycles. The molecule has 1 amide bonds. The fourth-order valence-corrected chi connectivity index (χ4v) is 0.824. The number of primary amides is 1. The Kier molecular flexibility index (Phi) is 17.0. The summed E-state index contributed by atoms with van der Waals surface area (Å²) in [5, 5.41) is 32.4. The lowest BCUT2D eigenvalue weighted by molar-refractivity contribution is -0.141. The van der Waals surface area contributed by atoms with E-state index in [1.54, 1.807) is 0 Å². The molecular formula is C13H26N4O9. The zero-order chi connectivity index (χ0) is 21.4. The fourth-order valence-electron chi connectivity index (χ4n) is 0.824. The Morgan fingerprint density at radius 3 is 1.23 bits per heavy atom. The summed E-state index contributed by atoms with van der Waals surface area (Å²) in [5.74, 6) is -4.80. The summed E-state index contributed by atoms with van der Waals surface area (Å²) < 4.78 is 0. The van der Waals surface area contributed by atoms with Crippen LogP contribution in [0.5, 0.6) is 0 Å². The molecule has 0 aliphatic heterocycles. The van der Waals surface area contributed by atoms with Crippen LogP contribution in [0.25, 0.3) is 0 Å². The van der Waals surface area contributed by atoms with Crippen molar-refractivity contribution in [2.75, 3.05) is 0 Å². The van der Waals surface area contributed by atoms with Crippen molar-refractivity contribution in [3.8, 4) is 0 Å². The third-order valence-corrected chi connectivity index (χ3v) is 2.39. The van der Waals surface area contributed by atoms with Crippen molar-refractivity contribution in [3.05, 3.63) is 0 Å². The van der Waals surface area contributed by atoms with Crippen LogP contribution in [0.2, 0.25) is 0 Å². The minimum atomic E-state index is -1.17. The van der Waals surface area contributed by atoms with Gasteiger partial charge in [-0.2, -0.15) is 0 Å². The lowest BCUT2D eigenvalue weighted by atomic mass is 10.2. The van der Waals surface area contributed by atoms with Crippen LogP contribution in [0.15, 0.2) is 0 Å². The number of carboxylic acid groups (broad SMARTS) is 4. The van der Waals surface area contributed by atoms with Crippen LogP contribution < -0.4 is 22.9 Å². The minimum absolute atomic E-state index is 0.0213. The molecule has 0 aliphatic carbocycles. The molecule has 0 heterocycles. The molecule has 0 aliphatic rings. The van der Waals surface area contributed by atoms with Gasteiger partial charge in [-0.05, 0) is 19.8 Å². The second-order valence-corrected chi connectivity index (χ2v) is 4.95. The predicted molar refractivity (Wildman–Crippen MR) is 87.8 cm³/mol. The maximum Gasteiger partial charge on any atom is 0.320 e. The van der Waals surface area contributed by atoms with E-state index in [4.69, 9.17) is 43.4 Å². The summed E-state index contributed by atoms with van der Waals surface area (Å²) in [6.07, 6.45) is -0.101. The van der Waals surface area contributed by atoms with Crippen LogP contribution in [0.1, 0.15) is 32.6 Å². The molecule has 13 nitrogen and oxygen atoms in total. The monoisotopic (exact) mass is 382 g/mol. The van der Waals surface area contributed by atoms with Crippen LogP contribution in [0.4, 0.5) is 0 Å². The van der Waals surface area contributed by atoms with Gasteiger partial charge in [0.25, 0.3) is 0 Å². The van der Waals surface area contributed by atoms with E-state index in [2.05, 4.69) is 0 Å². The first kappa shape index (κ1) is 28.1. The number of rotatable bonds is 9. The van der Waals surface area contributed by atoms with Crippen molar-refractivity contribution in [2.45, 2.75) is 50.7 Å². The van der Waals surface area contributed by atoms with E-state index >= 15 is 0 Å². The van der Waals surface area contributed by atoms with Crippen molar-refractivity contribution < 1.29 is 44.4 Å². The standard InChI is InChI=1S/C5H10N2O3.C5H9NO4.C3H7NO2/c2*6-3(5(9)10)1-2-4(7)8;1-2(4)3(5)6/h3H,1-2,6H2,(H2,7,8)(H,9,10);3H,1-2,6H2,(H,7,8)(H,9,10);2H,4H2,1H3,(H,5,6)/t2*3-;2-/m000/s1. The van der Waals surface area contributed by atoms with E-state index < -0.39 is 47.9 Å². The highest BCUT2D eigenvalue weighted by Gasteiger charge is 2.12. The van der Waals surface area contributed by atoms with Gasteiger partial charge >= 0.3 is 23.9 Å². The van der Waals surface area contributed by atoms with Crippen molar-refractivity contribution in [1.29, 1.82) is 0 Å². The van der Waals surface area contributed by atoms with Gasteiger partial charge in [-0.15, -0.1) is 0 Å². The molecule has 0 saturated carbocycles. The molecule has 0 rings (SSSR count). The Morgan fingerprint density at radius 1 is 0.731 bits per heavy atom. The maximum absolute atomic E-state index is 10.1. The topological polar surface area (TPSA) is 270 Å². The second kappa shape index (κ2) is 15.7. The van der Waals surface area contributed by atoms with Gasteiger partial charge < -0.3 is 43.4 Å². The number of carbonyl (C=O) groups excluding carboxylic acids is 1. The first-order chi connectivity index (χ1) is 11.7. The summed E-state index contributed by atoms with van der Waals surface area (Å²) in [4.78, 5) is 49.6. The molecule has 3 atom stereocenters. The average molecular weight is 382 g/mol. The molecular weight excluding hydrogens is 356 g/mol. The third-order valence-electron chi connectivity index (χ3n) is 2.39. The summed E-state index contributed by atoms with van der Waals surface area (Å²) in [6.45, 7) is 1.42. The van der Waals surface area contributed by atoms with E-state index in [1.165, 1.54) is 6.92 Å². The summed E-state index contributed by atoms with van der Waals surface area (Å²) in [6, 6.07) is -2.77. The van der Waals surface area contributed by atoms with Gasteiger partial charge in [-0.25, -0.2) is 0 Å². The molecule has 0 radical (unpaired) electrons. The van der Waals surface area contributed by atoms with Gasteiger partial charge in [-0.1, -0.05) is 0 Å². The molecule has 0 aromatic carbocycles. The molecule has 0 spiro atoms. The lowest BCUT2D eigenvalue weighted by Crippen LogP contribution is -2.31. The van der Waals surface area contributed by atoms with Crippen LogP contribution in [-0.4, -0.2) is 68.3 Å². The normalized spacial score (nSPS) is 12.8. The zero-order valence-electron chi connectivity index (χ0n) is 14.2. The van der Waals surface area contributed by atoms with Crippen LogP contribution >= 0.6 is 0 Å². The summed E-state index contributed by atoms with van der Waals surface area (Å²) in [7, 11) is 0. The Hall–Kier alpha value is -2.77. The van der Waals surface area contributed by atoms with Crippen LogP contribution in [0.3, 0.4) is 0 Å². The first-order valence-corrected chi connectivity index (χ1v) is 7.17. The third kappa shape index (κ3) is 23.5.